The Bertz CT molecular complexity index is 515. The largest absolute Gasteiger partial charge is 0.318 e. The molecule has 0 saturated heterocycles. The van der Waals surface area contributed by atoms with Crippen LogP contribution in [-0.2, 0) is 0 Å². The van der Waals surface area contributed by atoms with Gasteiger partial charge in [-0.25, -0.2) is 4.39 Å². The van der Waals surface area contributed by atoms with Gasteiger partial charge in [0.1, 0.15) is 5.82 Å². The Labute approximate surface area is 93.8 Å². The maximum atomic E-state index is 12.9. The van der Waals surface area contributed by atoms with Crippen molar-refractivity contribution in [2.45, 2.75) is 0 Å². The van der Waals surface area contributed by atoms with Gasteiger partial charge < -0.3 is 5.32 Å². The lowest BCUT2D eigenvalue weighted by Crippen LogP contribution is -2.14. The van der Waals surface area contributed by atoms with Crippen LogP contribution in [0.5, 0.6) is 0 Å². The van der Waals surface area contributed by atoms with Crippen LogP contribution in [0.2, 0.25) is 5.02 Å². The fourth-order valence-electron chi connectivity index (χ4n) is 1.03. The summed E-state index contributed by atoms with van der Waals surface area (Å²) in [6, 6.07) is 3.62. The summed E-state index contributed by atoms with van der Waals surface area (Å²) in [7, 11) is 0. The number of hydrogen-bond donors (Lipinski definition) is 2. The molecule has 0 aliphatic carbocycles. The number of carbonyl (C=O) groups excluding carboxylic acids is 1. The molecule has 82 valence electrons. The number of H-pyrrole nitrogens is 1. The predicted molar refractivity (Wildman–Crippen MR) is 53.5 cm³/mol. The van der Waals surface area contributed by atoms with Gasteiger partial charge in [-0.15, -0.1) is 10.2 Å². The van der Waals surface area contributed by atoms with Crippen molar-refractivity contribution in [3.05, 3.63) is 34.9 Å². The van der Waals surface area contributed by atoms with E-state index in [0.717, 1.165) is 6.07 Å². The molecule has 0 unspecified atom stereocenters. The number of aromatic amines is 1. The topological polar surface area (TPSA) is 83.6 Å². The van der Waals surface area contributed by atoms with Gasteiger partial charge in [0.05, 0.1) is 10.7 Å². The second kappa shape index (κ2) is 4.23. The van der Waals surface area contributed by atoms with E-state index in [4.69, 9.17) is 11.6 Å². The van der Waals surface area contributed by atoms with Crippen molar-refractivity contribution in [3.8, 4) is 0 Å². The average molecular weight is 242 g/mol. The van der Waals surface area contributed by atoms with Crippen molar-refractivity contribution >= 4 is 23.2 Å². The maximum absolute atomic E-state index is 12.9. The minimum Gasteiger partial charge on any atom is -0.318 e. The van der Waals surface area contributed by atoms with Gasteiger partial charge in [0.15, 0.2) is 0 Å². The molecule has 6 nitrogen and oxygen atoms in total. The number of nitrogens with zero attached hydrogens (tertiary/aromatic N) is 3. The van der Waals surface area contributed by atoms with Crippen molar-refractivity contribution in [1.29, 1.82) is 0 Å². The molecule has 1 heterocycles. The zero-order valence-corrected chi connectivity index (χ0v) is 8.49. The van der Waals surface area contributed by atoms with E-state index in [1.165, 1.54) is 12.1 Å². The lowest BCUT2D eigenvalue weighted by molar-refractivity contribution is 0.101. The van der Waals surface area contributed by atoms with E-state index < -0.39 is 11.7 Å². The van der Waals surface area contributed by atoms with E-state index in [9.17, 15) is 9.18 Å². The van der Waals surface area contributed by atoms with Crippen molar-refractivity contribution in [1.82, 2.24) is 20.6 Å². The molecule has 1 amide bonds. The molecule has 0 atom stereocenters. The molecule has 0 spiro atoms. The molecule has 16 heavy (non-hydrogen) atoms. The number of halogens is 2. The quantitative estimate of drug-likeness (QED) is 0.829. The standard InChI is InChI=1S/C8H5ClFN5O/c9-5-2-1-4(10)3-6(5)11-8(16)7-12-14-15-13-7/h1-3H,(H,11,16)(H,12,13,14,15). The summed E-state index contributed by atoms with van der Waals surface area (Å²) in [6.45, 7) is 0. The van der Waals surface area contributed by atoms with Gasteiger partial charge in [-0.3, -0.25) is 4.79 Å². The Morgan fingerprint density at radius 2 is 2.31 bits per heavy atom. The van der Waals surface area contributed by atoms with E-state index in [1.807, 2.05) is 0 Å². The highest BCUT2D eigenvalue weighted by atomic mass is 35.5. The summed E-state index contributed by atoms with van der Waals surface area (Å²) in [4.78, 5) is 11.5. The first-order valence-corrected chi connectivity index (χ1v) is 4.54. The van der Waals surface area contributed by atoms with Crippen LogP contribution in [0.15, 0.2) is 18.2 Å². The van der Waals surface area contributed by atoms with Gasteiger partial charge in [0.2, 0.25) is 0 Å². The minimum absolute atomic E-state index is 0.150. The molecule has 8 heteroatoms. The van der Waals surface area contributed by atoms with E-state index >= 15 is 0 Å². The molecule has 0 saturated carbocycles. The van der Waals surface area contributed by atoms with Crippen LogP contribution in [0.3, 0.4) is 0 Å². The van der Waals surface area contributed by atoms with Crippen molar-refractivity contribution in [2.75, 3.05) is 5.32 Å². The summed E-state index contributed by atoms with van der Waals surface area (Å²) in [6.07, 6.45) is 0. The Morgan fingerprint density at radius 3 is 3.00 bits per heavy atom. The van der Waals surface area contributed by atoms with Gasteiger partial charge in [0, 0.05) is 0 Å². The van der Waals surface area contributed by atoms with E-state index in [0.29, 0.717) is 0 Å². The van der Waals surface area contributed by atoms with Gasteiger partial charge in [0.25, 0.3) is 11.7 Å². The Balaban J connectivity index is 2.21. The van der Waals surface area contributed by atoms with Crippen LogP contribution in [-0.4, -0.2) is 26.5 Å². The monoisotopic (exact) mass is 241 g/mol. The number of nitrogens with one attached hydrogen (secondary N) is 2. The SMILES string of the molecule is O=C(Nc1cc(F)ccc1Cl)c1nn[nH]n1. The zero-order chi connectivity index (χ0) is 11.5. The fourth-order valence-corrected chi connectivity index (χ4v) is 1.19. The first kappa shape index (κ1) is 10.5. The van der Waals surface area contributed by atoms with Crippen LogP contribution in [0.25, 0.3) is 0 Å². The van der Waals surface area contributed by atoms with Crippen LogP contribution in [0.1, 0.15) is 10.6 Å². The second-order valence-corrected chi connectivity index (χ2v) is 3.22. The summed E-state index contributed by atoms with van der Waals surface area (Å²) in [5.74, 6) is -1.28. The normalized spacial score (nSPS) is 10.1. The highest BCUT2D eigenvalue weighted by Crippen LogP contribution is 2.22. The molecule has 2 rings (SSSR count). The third-order valence-corrected chi connectivity index (χ3v) is 2.05. The first-order chi connectivity index (χ1) is 7.66. The molecule has 0 bridgehead atoms. The summed E-state index contributed by atoms with van der Waals surface area (Å²) in [5.41, 5.74) is 0.150. The molecule has 1 aromatic heterocycles. The van der Waals surface area contributed by atoms with E-state index in [2.05, 4.69) is 25.9 Å². The number of aromatic nitrogens is 4. The Morgan fingerprint density at radius 1 is 1.50 bits per heavy atom. The smallest absolute Gasteiger partial charge is 0.297 e. The molecular formula is C8H5ClFN5O. The van der Waals surface area contributed by atoms with Gasteiger partial charge in [-0.05, 0) is 23.4 Å². The number of anilines is 1. The number of tetrazole rings is 1. The highest BCUT2D eigenvalue weighted by molar-refractivity contribution is 6.33. The Kier molecular flexibility index (Phi) is 2.78. The second-order valence-electron chi connectivity index (χ2n) is 2.81. The van der Waals surface area contributed by atoms with Crippen molar-refractivity contribution in [3.63, 3.8) is 0 Å². The van der Waals surface area contributed by atoms with Crippen LogP contribution in [0.4, 0.5) is 10.1 Å². The molecule has 0 fully saturated rings. The average Bonchev–Trinajstić information content (AvgIpc) is 2.76. The highest BCUT2D eigenvalue weighted by Gasteiger charge is 2.12. The van der Waals surface area contributed by atoms with E-state index in [-0.39, 0.29) is 16.5 Å². The third-order valence-electron chi connectivity index (χ3n) is 1.73. The lowest BCUT2D eigenvalue weighted by Gasteiger charge is -2.04. The first-order valence-electron chi connectivity index (χ1n) is 4.16. The number of amides is 1. The third kappa shape index (κ3) is 2.14. The molecule has 0 aliphatic rings. The number of benzene rings is 1. The van der Waals surface area contributed by atoms with Crippen LogP contribution in [0, 0.1) is 5.82 Å². The van der Waals surface area contributed by atoms with E-state index in [1.54, 1.807) is 0 Å². The summed E-state index contributed by atoms with van der Waals surface area (Å²) >= 11 is 5.76. The fraction of sp³-hybridized carbons (Fsp3) is 0. The molecule has 2 aromatic rings. The molecule has 2 N–H and O–H groups in total. The van der Waals surface area contributed by atoms with Gasteiger partial charge in [-0.2, -0.15) is 5.21 Å². The molecular weight excluding hydrogens is 237 g/mol. The lowest BCUT2D eigenvalue weighted by atomic mass is 10.3. The molecule has 0 radical (unpaired) electrons. The van der Waals surface area contributed by atoms with Gasteiger partial charge in [-0.1, -0.05) is 11.6 Å². The molecule has 0 aliphatic heterocycles. The van der Waals surface area contributed by atoms with Crippen LogP contribution < -0.4 is 5.32 Å². The van der Waals surface area contributed by atoms with Crippen molar-refractivity contribution < 1.29 is 9.18 Å². The summed E-state index contributed by atoms with van der Waals surface area (Å²) in [5, 5.41) is 14.9. The number of hydrogen-bond acceptors (Lipinski definition) is 4. The summed E-state index contributed by atoms with van der Waals surface area (Å²) < 4.78 is 12.9. The molecule has 1 aromatic carbocycles. The van der Waals surface area contributed by atoms with Crippen molar-refractivity contribution in [2.24, 2.45) is 0 Å². The van der Waals surface area contributed by atoms with Crippen LogP contribution >= 0.6 is 11.6 Å². The Hall–Kier alpha value is -2.02. The zero-order valence-electron chi connectivity index (χ0n) is 7.74. The number of carbonyl (C=O) groups is 1. The predicted octanol–water partition coefficient (Wildman–Crippen LogP) is 1.24. The number of rotatable bonds is 2. The maximum Gasteiger partial charge on any atom is 0.297 e. The minimum atomic E-state index is -0.624. The van der Waals surface area contributed by atoms with Gasteiger partial charge >= 0.3 is 0 Å².